The van der Waals surface area contributed by atoms with Gasteiger partial charge < -0.3 is 0 Å². The Kier molecular flexibility index (Phi) is 7.25. The molecule has 1 aliphatic rings. The Labute approximate surface area is 245 Å². The largest absolute Gasteiger partial charge is 0.268 e. The molecule has 0 aliphatic heterocycles. The van der Waals surface area contributed by atoms with Crippen LogP contribution in [-0.4, -0.2) is 0 Å². The van der Waals surface area contributed by atoms with Gasteiger partial charge in [-0.2, -0.15) is 16.0 Å². The number of nitrogens with zero attached hydrogens (tertiary/aromatic N) is 1. The molecule has 0 spiro atoms. The molecule has 1 nitrogen and oxygen atoms in total. The van der Waals surface area contributed by atoms with E-state index in [4.69, 9.17) is 0 Å². The molecule has 3 heteroatoms. The van der Waals surface area contributed by atoms with Crippen molar-refractivity contribution in [1.29, 1.82) is 0 Å². The van der Waals surface area contributed by atoms with Crippen LogP contribution in [0.4, 0.5) is 0 Å². The van der Waals surface area contributed by atoms with Crippen LogP contribution in [0.3, 0.4) is 0 Å². The first-order valence-electron chi connectivity index (χ1n) is 13.2. The van der Waals surface area contributed by atoms with Crippen molar-refractivity contribution in [2.75, 3.05) is 0 Å². The second-order valence-electron chi connectivity index (χ2n) is 10.6. The summed E-state index contributed by atoms with van der Waals surface area (Å²) in [6, 6.07) is 35.5. The summed E-state index contributed by atoms with van der Waals surface area (Å²) in [6.45, 7) is 9.34. The van der Waals surface area contributed by atoms with Gasteiger partial charge in [-0.1, -0.05) is 141 Å². The number of thiazole rings is 1. The average Bonchev–Trinajstić information content (AvgIpc) is 3.40. The van der Waals surface area contributed by atoms with E-state index in [-0.39, 0.29) is 26.5 Å². The first-order valence-corrected chi connectivity index (χ1v) is 14.0. The van der Waals surface area contributed by atoms with Crippen molar-refractivity contribution in [2.24, 2.45) is 7.05 Å². The molecule has 1 heterocycles. The number of rotatable bonds is 5. The van der Waals surface area contributed by atoms with Gasteiger partial charge >= 0.3 is 0 Å². The number of fused-ring (bicyclic) bond motifs is 3. The zero-order valence-electron chi connectivity index (χ0n) is 22.6. The van der Waals surface area contributed by atoms with E-state index in [0.29, 0.717) is 0 Å². The molecule has 194 valence electrons. The van der Waals surface area contributed by atoms with Crippen molar-refractivity contribution in [3.8, 4) is 43.4 Å². The molecule has 0 unspecified atom stereocenters. The summed E-state index contributed by atoms with van der Waals surface area (Å²) >= 11 is 1.89. The second-order valence-corrected chi connectivity index (χ2v) is 11.6. The van der Waals surface area contributed by atoms with E-state index < -0.39 is 0 Å². The molecule has 5 aromatic rings. The molecule has 1 aromatic heterocycles. The third kappa shape index (κ3) is 4.10. The van der Waals surface area contributed by atoms with Crippen LogP contribution in [0.5, 0.6) is 0 Å². The van der Waals surface area contributed by atoms with Crippen molar-refractivity contribution in [2.45, 2.75) is 39.5 Å². The minimum Gasteiger partial charge on any atom is -0.195 e. The molecular weight excluding hydrogens is 662 g/mol. The van der Waals surface area contributed by atoms with Gasteiger partial charge in [0, 0.05) is 26.5 Å². The molecular formula is C35H33NPtS. The maximum Gasteiger partial charge on any atom is 0.268 e. The maximum absolute atomic E-state index is 2.42. The average molecular weight is 695 g/mol. The molecule has 1 aliphatic carbocycles. The van der Waals surface area contributed by atoms with E-state index in [1.165, 1.54) is 66.0 Å². The number of hydrogen-bond donors (Lipinski definition) is 0. The molecule has 0 saturated heterocycles. The summed E-state index contributed by atoms with van der Waals surface area (Å²) in [7, 11) is 2.23. The van der Waals surface area contributed by atoms with Gasteiger partial charge in [0.1, 0.15) is 7.05 Å². The van der Waals surface area contributed by atoms with Crippen LogP contribution >= 0.6 is 11.3 Å². The van der Waals surface area contributed by atoms with Crippen molar-refractivity contribution in [3.05, 3.63) is 120 Å². The molecule has 0 radical (unpaired) electrons. The van der Waals surface area contributed by atoms with Crippen molar-refractivity contribution < 1.29 is 25.6 Å². The Balaban J connectivity index is 0.00000294. The minimum absolute atomic E-state index is 0. The Morgan fingerprint density at radius 2 is 1.34 bits per heavy atom. The summed E-state index contributed by atoms with van der Waals surface area (Å²) < 4.78 is 2.42. The molecule has 0 bridgehead atoms. The van der Waals surface area contributed by atoms with Crippen LogP contribution < -0.4 is 4.57 Å². The summed E-state index contributed by atoms with van der Waals surface area (Å²) in [4.78, 5) is 1.32. The smallest absolute Gasteiger partial charge is 0.195 e. The van der Waals surface area contributed by atoms with Crippen LogP contribution in [0.2, 0.25) is 0 Å². The van der Waals surface area contributed by atoms with Crippen LogP contribution in [0.1, 0.15) is 50.8 Å². The summed E-state index contributed by atoms with van der Waals surface area (Å²) in [5.41, 5.74) is 12.2. The minimum atomic E-state index is -0.0124. The normalized spacial score (nSPS) is 13.0. The Morgan fingerprint density at radius 3 is 2.00 bits per heavy atom. The van der Waals surface area contributed by atoms with Crippen molar-refractivity contribution in [1.82, 2.24) is 0 Å². The van der Waals surface area contributed by atoms with E-state index in [2.05, 4.69) is 136 Å². The van der Waals surface area contributed by atoms with Gasteiger partial charge in [-0.3, -0.25) is 0 Å². The molecule has 0 atom stereocenters. The molecule has 0 saturated carbocycles. The third-order valence-electron chi connectivity index (χ3n) is 8.07. The first kappa shape index (κ1) is 26.7. The van der Waals surface area contributed by atoms with E-state index in [9.17, 15) is 0 Å². The summed E-state index contributed by atoms with van der Waals surface area (Å²) in [6.07, 6.45) is 1.02. The number of aromatic nitrogens is 1. The molecule has 4 aromatic carbocycles. The standard InChI is InChI=1S/C35H33NS.Pt/c1-6-23(2)30-27(21-22-29-31(30)26-19-13-14-20-28(26)35(29,3)4)32-33(24-15-9-7-10-16-24)37-34(36(32)5)25-17-11-8-12-18-25;/h7-22H,6H2,1-5H3;. The summed E-state index contributed by atoms with van der Waals surface area (Å²) in [5.74, 6) is 1.44. The van der Waals surface area contributed by atoms with E-state index in [1.54, 1.807) is 0 Å². The Hall–Kier alpha value is -2.93. The molecule has 0 amide bonds. The van der Waals surface area contributed by atoms with Gasteiger partial charge in [0.05, 0.1) is 10.4 Å². The predicted molar refractivity (Wildman–Crippen MR) is 158 cm³/mol. The monoisotopic (exact) mass is 694 g/mol. The van der Waals surface area contributed by atoms with E-state index in [0.717, 1.165) is 6.42 Å². The second kappa shape index (κ2) is 10.3. The fourth-order valence-electron chi connectivity index (χ4n) is 6.00. The van der Waals surface area contributed by atoms with Crippen molar-refractivity contribution >= 4 is 11.3 Å². The fourth-order valence-corrected chi connectivity index (χ4v) is 7.27. The van der Waals surface area contributed by atoms with E-state index in [1.807, 2.05) is 11.3 Å². The first-order chi connectivity index (χ1) is 17.9. The van der Waals surface area contributed by atoms with Gasteiger partial charge in [0.2, 0.25) is 0 Å². The van der Waals surface area contributed by atoms with Gasteiger partial charge in [0.25, 0.3) is 5.01 Å². The maximum atomic E-state index is 2.42. The van der Waals surface area contributed by atoms with Crippen LogP contribution in [0.25, 0.3) is 43.4 Å². The van der Waals surface area contributed by atoms with Gasteiger partial charge in [-0.05, 0) is 23.3 Å². The molecule has 6 rings (SSSR count). The SMILES string of the molecule is CC[C-](C)c1c(-c2c(-c3ccccc3)sc(-c3ccccc3)[n+]2C)ccc2c1-c1ccccc1C2(C)C.[Pt]. The van der Waals surface area contributed by atoms with Crippen LogP contribution in [0, 0.1) is 5.92 Å². The number of benzene rings is 4. The van der Waals surface area contributed by atoms with E-state index >= 15 is 0 Å². The van der Waals surface area contributed by atoms with Gasteiger partial charge in [0.15, 0.2) is 5.69 Å². The fraction of sp³-hybridized carbons (Fsp3) is 0.200. The molecule has 0 N–H and O–H groups in total. The zero-order valence-corrected chi connectivity index (χ0v) is 25.7. The van der Waals surface area contributed by atoms with Crippen LogP contribution in [-0.2, 0) is 33.5 Å². The number of hydrogen-bond acceptors (Lipinski definition) is 1. The predicted octanol–water partition coefficient (Wildman–Crippen LogP) is 9.23. The zero-order chi connectivity index (χ0) is 25.7. The molecule has 0 fully saturated rings. The van der Waals surface area contributed by atoms with Crippen molar-refractivity contribution in [3.63, 3.8) is 0 Å². The van der Waals surface area contributed by atoms with Crippen LogP contribution in [0.15, 0.2) is 97.1 Å². The third-order valence-corrected chi connectivity index (χ3v) is 9.41. The summed E-state index contributed by atoms with van der Waals surface area (Å²) in [5, 5.41) is 1.27. The quantitative estimate of drug-likeness (QED) is 0.128. The molecule has 38 heavy (non-hydrogen) atoms. The van der Waals surface area contributed by atoms with Gasteiger partial charge in [-0.25, -0.2) is 0 Å². The Bertz CT molecular complexity index is 1600. The topological polar surface area (TPSA) is 3.88 Å². The van der Waals surface area contributed by atoms with Gasteiger partial charge in [-0.15, -0.1) is 11.6 Å². The Morgan fingerprint density at radius 1 is 0.737 bits per heavy atom.